The second kappa shape index (κ2) is 11.2. The SMILES string of the molecule is COc1ccc(CCNCc2ccc(OCC(N)=O)c(OC)c2)cc1.[Cl-]. The van der Waals surface area contributed by atoms with E-state index in [1.165, 1.54) is 5.56 Å². The Morgan fingerprint density at radius 3 is 2.31 bits per heavy atom. The van der Waals surface area contributed by atoms with Gasteiger partial charge in [-0.25, -0.2) is 0 Å². The fourth-order valence-electron chi connectivity index (χ4n) is 2.35. The standard InChI is InChI=1S/C19H24N2O4.ClH/c1-23-16-6-3-14(4-7-16)9-10-21-12-15-5-8-17(18(11-15)24-2)25-13-19(20)22;/h3-8,11,21H,9-10,12-13H2,1-2H3,(H2,20,22);1H/p-1. The van der Waals surface area contributed by atoms with E-state index in [1.807, 2.05) is 24.3 Å². The number of primary amides is 1. The number of carbonyl (C=O) groups excluding carboxylic acids is 1. The topological polar surface area (TPSA) is 82.8 Å². The zero-order valence-electron chi connectivity index (χ0n) is 15.0. The molecular weight excluding hydrogens is 356 g/mol. The predicted molar refractivity (Wildman–Crippen MR) is 96.1 cm³/mol. The van der Waals surface area contributed by atoms with E-state index in [0.717, 1.165) is 24.3 Å². The predicted octanol–water partition coefficient (Wildman–Crippen LogP) is -1.10. The van der Waals surface area contributed by atoms with Crippen LogP contribution in [-0.4, -0.2) is 33.3 Å². The van der Waals surface area contributed by atoms with Crippen LogP contribution in [0.3, 0.4) is 0 Å². The lowest BCUT2D eigenvalue weighted by Gasteiger charge is -2.12. The van der Waals surface area contributed by atoms with E-state index >= 15 is 0 Å². The quantitative estimate of drug-likeness (QED) is 0.512. The van der Waals surface area contributed by atoms with Crippen molar-refractivity contribution < 1.29 is 31.4 Å². The molecule has 142 valence electrons. The molecule has 0 saturated carbocycles. The number of rotatable bonds is 10. The third-order valence-electron chi connectivity index (χ3n) is 3.68. The van der Waals surface area contributed by atoms with E-state index in [9.17, 15) is 4.79 Å². The van der Waals surface area contributed by atoms with Gasteiger partial charge in [0, 0.05) is 6.54 Å². The number of amides is 1. The summed E-state index contributed by atoms with van der Waals surface area (Å²) in [6.45, 7) is 1.40. The molecule has 0 aliphatic rings. The van der Waals surface area contributed by atoms with Crippen LogP contribution in [0.5, 0.6) is 17.2 Å². The largest absolute Gasteiger partial charge is 1.00 e. The van der Waals surface area contributed by atoms with Crippen molar-refractivity contribution in [1.82, 2.24) is 5.32 Å². The number of carbonyl (C=O) groups is 1. The molecule has 3 N–H and O–H groups in total. The van der Waals surface area contributed by atoms with Crippen LogP contribution in [0.2, 0.25) is 0 Å². The molecule has 0 heterocycles. The van der Waals surface area contributed by atoms with Crippen molar-refractivity contribution in [2.45, 2.75) is 13.0 Å². The van der Waals surface area contributed by atoms with Crippen molar-refractivity contribution in [3.8, 4) is 17.2 Å². The van der Waals surface area contributed by atoms with E-state index in [4.69, 9.17) is 19.9 Å². The molecule has 0 aliphatic carbocycles. The zero-order valence-corrected chi connectivity index (χ0v) is 15.7. The first-order valence-corrected chi connectivity index (χ1v) is 8.04. The van der Waals surface area contributed by atoms with Crippen molar-refractivity contribution in [2.75, 3.05) is 27.4 Å². The van der Waals surface area contributed by atoms with Crippen LogP contribution in [0.25, 0.3) is 0 Å². The first-order chi connectivity index (χ1) is 12.1. The van der Waals surface area contributed by atoms with Gasteiger partial charge < -0.3 is 37.7 Å². The van der Waals surface area contributed by atoms with E-state index in [2.05, 4.69) is 17.4 Å². The Morgan fingerprint density at radius 2 is 1.69 bits per heavy atom. The van der Waals surface area contributed by atoms with Crippen molar-refractivity contribution in [2.24, 2.45) is 5.73 Å². The zero-order chi connectivity index (χ0) is 18.1. The van der Waals surface area contributed by atoms with Crippen molar-refractivity contribution in [3.05, 3.63) is 53.6 Å². The Kier molecular flexibility index (Phi) is 9.33. The molecule has 0 spiro atoms. The molecule has 1 amide bonds. The Labute approximate surface area is 160 Å². The van der Waals surface area contributed by atoms with Gasteiger partial charge in [0.15, 0.2) is 18.1 Å². The number of benzene rings is 2. The van der Waals surface area contributed by atoms with E-state index in [0.29, 0.717) is 18.0 Å². The molecule has 0 aromatic heterocycles. The molecule has 26 heavy (non-hydrogen) atoms. The third-order valence-corrected chi connectivity index (χ3v) is 3.68. The highest BCUT2D eigenvalue weighted by atomic mass is 35.5. The van der Waals surface area contributed by atoms with Crippen LogP contribution < -0.4 is 37.7 Å². The minimum absolute atomic E-state index is 0. The fourth-order valence-corrected chi connectivity index (χ4v) is 2.35. The highest BCUT2D eigenvalue weighted by Gasteiger charge is 2.07. The van der Waals surface area contributed by atoms with Gasteiger partial charge in [0.05, 0.1) is 14.2 Å². The molecule has 0 fully saturated rings. The smallest absolute Gasteiger partial charge is 0.255 e. The van der Waals surface area contributed by atoms with Gasteiger partial charge >= 0.3 is 0 Å². The summed E-state index contributed by atoms with van der Waals surface area (Å²) in [5.74, 6) is 1.42. The molecule has 0 bridgehead atoms. The maximum atomic E-state index is 10.8. The third kappa shape index (κ3) is 6.82. The molecule has 7 heteroatoms. The molecule has 2 rings (SSSR count). The van der Waals surface area contributed by atoms with Crippen LogP contribution >= 0.6 is 0 Å². The number of nitrogens with two attached hydrogens (primary N) is 1. The van der Waals surface area contributed by atoms with Gasteiger partial charge in [0.2, 0.25) is 0 Å². The van der Waals surface area contributed by atoms with Crippen LogP contribution in [-0.2, 0) is 17.8 Å². The number of hydrogen-bond acceptors (Lipinski definition) is 5. The minimum Gasteiger partial charge on any atom is -1.00 e. The van der Waals surface area contributed by atoms with Gasteiger partial charge in [-0.1, -0.05) is 18.2 Å². The summed E-state index contributed by atoms with van der Waals surface area (Å²) >= 11 is 0. The van der Waals surface area contributed by atoms with Gasteiger partial charge in [-0.3, -0.25) is 4.79 Å². The number of nitrogens with one attached hydrogen (secondary N) is 1. The van der Waals surface area contributed by atoms with Crippen LogP contribution in [0.15, 0.2) is 42.5 Å². The van der Waals surface area contributed by atoms with Gasteiger partial charge in [-0.15, -0.1) is 0 Å². The fraction of sp³-hybridized carbons (Fsp3) is 0.316. The van der Waals surface area contributed by atoms with Gasteiger partial charge in [0.1, 0.15) is 5.75 Å². The summed E-state index contributed by atoms with van der Waals surface area (Å²) in [5, 5.41) is 3.40. The van der Waals surface area contributed by atoms with Gasteiger partial charge in [0.25, 0.3) is 5.91 Å². The van der Waals surface area contributed by atoms with Crippen molar-refractivity contribution in [1.29, 1.82) is 0 Å². The second-order valence-corrected chi connectivity index (χ2v) is 5.52. The molecule has 0 saturated heterocycles. The highest BCUT2D eigenvalue weighted by molar-refractivity contribution is 5.75. The van der Waals surface area contributed by atoms with Crippen molar-refractivity contribution in [3.63, 3.8) is 0 Å². The molecule has 0 unspecified atom stereocenters. The monoisotopic (exact) mass is 379 g/mol. The van der Waals surface area contributed by atoms with E-state index < -0.39 is 5.91 Å². The highest BCUT2D eigenvalue weighted by Crippen LogP contribution is 2.28. The summed E-state index contributed by atoms with van der Waals surface area (Å²) in [6, 6.07) is 13.6. The molecule has 0 atom stereocenters. The number of hydrogen-bond donors (Lipinski definition) is 2. The maximum Gasteiger partial charge on any atom is 0.255 e. The molecule has 6 nitrogen and oxygen atoms in total. The lowest BCUT2D eigenvalue weighted by atomic mass is 10.1. The Hall–Kier alpha value is -2.44. The summed E-state index contributed by atoms with van der Waals surface area (Å²) in [7, 11) is 3.22. The van der Waals surface area contributed by atoms with E-state index in [1.54, 1.807) is 20.3 Å². The number of halogens is 1. The summed E-state index contributed by atoms with van der Waals surface area (Å²) < 4.78 is 15.8. The van der Waals surface area contributed by atoms with Crippen LogP contribution in [0.4, 0.5) is 0 Å². The Balaban J connectivity index is 0.00000338. The lowest BCUT2D eigenvalue weighted by molar-refractivity contribution is -0.119. The average molecular weight is 380 g/mol. The van der Waals surface area contributed by atoms with Gasteiger partial charge in [-0.2, -0.15) is 0 Å². The first kappa shape index (κ1) is 21.6. The number of ether oxygens (including phenoxy) is 3. The lowest BCUT2D eigenvalue weighted by Crippen LogP contribution is -3.00. The van der Waals surface area contributed by atoms with Gasteiger partial charge in [-0.05, 0) is 48.4 Å². The number of methoxy groups -OCH3 is 2. The normalized spacial score (nSPS) is 9.92. The Bertz CT molecular complexity index is 692. The minimum atomic E-state index is -0.522. The van der Waals surface area contributed by atoms with Crippen LogP contribution in [0.1, 0.15) is 11.1 Å². The van der Waals surface area contributed by atoms with Crippen molar-refractivity contribution >= 4 is 5.91 Å². The second-order valence-electron chi connectivity index (χ2n) is 5.52. The average Bonchev–Trinajstić information content (AvgIpc) is 2.64. The summed E-state index contributed by atoms with van der Waals surface area (Å²) in [4.78, 5) is 10.8. The van der Waals surface area contributed by atoms with E-state index in [-0.39, 0.29) is 19.0 Å². The molecule has 2 aromatic carbocycles. The first-order valence-electron chi connectivity index (χ1n) is 8.04. The molecule has 0 radical (unpaired) electrons. The van der Waals surface area contributed by atoms with Crippen LogP contribution in [0, 0.1) is 0 Å². The summed E-state index contributed by atoms with van der Waals surface area (Å²) in [5.41, 5.74) is 7.40. The maximum absolute atomic E-state index is 10.8. The summed E-state index contributed by atoms with van der Waals surface area (Å²) in [6.07, 6.45) is 0.931. The Morgan fingerprint density at radius 1 is 1.00 bits per heavy atom. The molecular formula is C19H24ClN2O4-. The molecule has 2 aromatic rings. The molecule has 0 aliphatic heterocycles.